The maximum absolute atomic E-state index is 3.73. The molecule has 0 spiro atoms. The van der Waals surface area contributed by atoms with Gasteiger partial charge in [-0.2, -0.15) is 11.3 Å². The van der Waals surface area contributed by atoms with Gasteiger partial charge in [-0.25, -0.2) is 0 Å². The molecule has 2 unspecified atom stereocenters. The van der Waals surface area contributed by atoms with Crippen molar-refractivity contribution in [2.45, 2.75) is 52.6 Å². The fraction of sp³-hybridized carbons (Fsp3) is 0.750. The molecule has 19 heavy (non-hydrogen) atoms. The van der Waals surface area contributed by atoms with E-state index in [0.717, 1.165) is 6.54 Å². The number of hydrogen-bond donors (Lipinski definition) is 1. The molecule has 0 saturated carbocycles. The lowest BCUT2D eigenvalue weighted by atomic mass is 9.86. The largest absolute Gasteiger partial charge is 0.312 e. The molecule has 0 amide bonds. The summed E-state index contributed by atoms with van der Waals surface area (Å²) in [5.74, 6) is 0. The molecule has 1 aromatic heterocycles. The lowest BCUT2D eigenvalue weighted by molar-refractivity contribution is 0.161. The number of thiophene rings is 1. The van der Waals surface area contributed by atoms with E-state index in [1.807, 2.05) is 0 Å². The lowest BCUT2D eigenvalue weighted by Gasteiger charge is -2.36. The Kier molecular flexibility index (Phi) is 5.04. The molecule has 2 rings (SSSR count). The highest BCUT2D eigenvalue weighted by Crippen LogP contribution is 2.23. The van der Waals surface area contributed by atoms with Crippen LogP contribution in [0.4, 0.5) is 0 Å². The van der Waals surface area contributed by atoms with Crippen LogP contribution >= 0.6 is 11.3 Å². The number of nitrogens with one attached hydrogen (secondary N) is 1. The predicted octanol–water partition coefficient (Wildman–Crippen LogP) is 3.39. The molecule has 1 fully saturated rings. The lowest BCUT2D eigenvalue weighted by Crippen LogP contribution is -2.48. The predicted molar refractivity (Wildman–Crippen MR) is 84.9 cm³/mol. The average molecular weight is 280 g/mol. The van der Waals surface area contributed by atoms with Gasteiger partial charge in [-0.1, -0.05) is 20.8 Å². The zero-order valence-corrected chi connectivity index (χ0v) is 13.6. The molecule has 3 heteroatoms. The summed E-state index contributed by atoms with van der Waals surface area (Å²) in [6, 6.07) is 3.50. The van der Waals surface area contributed by atoms with Crippen LogP contribution in [0.25, 0.3) is 0 Å². The van der Waals surface area contributed by atoms with Crippen LogP contribution in [0.15, 0.2) is 16.8 Å². The van der Waals surface area contributed by atoms with Gasteiger partial charge in [0.1, 0.15) is 0 Å². The minimum Gasteiger partial charge on any atom is -0.312 e. The molecule has 1 saturated heterocycles. The van der Waals surface area contributed by atoms with E-state index in [-0.39, 0.29) is 0 Å². The second kappa shape index (κ2) is 6.38. The minimum atomic E-state index is 0.338. The fourth-order valence-electron chi connectivity index (χ4n) is 2.81. The number of hydrogen-bond acceptors (Lipinski definition) is 3. The van der Waals surface area contributed by atoms with Crippen LogP contribution in [-0.4, -0.2) is 36.6 Å². The highest BCUT2D eigenvalue weighted by Gasteiger charge is 2.29. The third-order valence-electron chi connectivity index (χ3n) is 4.21. The molecular weight excluding hydrogens is 252 g/mol. The van der Waals surface area contributed by atoms with Crippen molar-refractivity contribution in [2.24, 2.45) is 5.41 Å². The Hall–Kier alpha value is -0.380. The van der Waals surface area contributed by atoms with E-state index in [2.05, 4.69) is 54.7 Å². The Bertz CT molecular complexity index is 367. The van der Waals surface area contributed by atoms with E-state index in [0.29, 0.717) is 17.5 Å². The molecular formula is C16H28N2S. The summed E-state index contributed by atoms with van der Waals surface area (Å²) in [6.45, 7) is 13.0. The summed E-state index contributed by atoms with van der Waals surface area (Å²) in [5.41, 5.74) is 1.83. The zero-order valence-electron chi connectivity index (χ0n) is 12.8. The van der Waals surface area contributed by atoms with Gasteiger partial charge < -0.3 is 5.32 Å². The molecule has 1 aliphatic rings. The summed E-state index contributed by atoms with van der Waals surface area (Å²) >= 11 is 1.81. The van der Waals surface area contributed by atoms with Gasteiger partial charge in [-0.15, -0.1) is 0 Å². The first kappa shape index (κ1) is 15.0. The quantitative estimate of drug-likeness (QED) is 0.913. The van der Waals surface area contributed by atoms with Crippen LogP contribution in [0.1, 0.15) is 39.7 Å². The third kappa shape index (κ3) is 4.30. The number of rotatable bonds is 3. The molecule has 0 bridgehead atoms. The van der Waals surface area contributed by atoms with Gasteiger partial charge in [0.15, 0.2) is 0 Å². The topological polar surface area (TPSA) is 15.3 Å². The molecule has 2 nitrogen and oxygen atoms in total. The summed E-state index contributed by atoms with van der Waals surface area (Å²) in [6.07, 6.45) is 2.45. The molecule has 0 aromatic carbocycles. The van der Waals surface area contributed by atoms with Crippen molar-refractivity contribution < 1.29 is 0 Å². The Morgan fingerprint density at radius 2 is 2.26 bits per heavy atom. The van der Waals surface area contributed by atoms with Gasteiger partial charge >= 0.3 is 0 Å². The first-order valence-corrected chi connectivity index (χ1v) is 8.39. The van der Waals surface area contributed by atoms with Crippen molar-refractivity contribution in [1.29, 1.82) is 0 Å². The molecule has 1 aliphatic heterocycles. The summed E-state index contributed by atoms with van der Waals surface area (Å²) < 4.78 is 0. The van der Waals surface area contributed by atoms with Gasteiger partial charge in [0, 0.05) is 18.6 Å². The van der Waals surface area contributed by atoms with Crippen molar-refractivity contribution in [3.8, 4) is 0 Å². The monoisotopic (exact) mass is 280 g/mol. The Balaban J connectivity index is 1.97. The van der Waals surface area contributed by atoms with Crippen LogP contribution in [0.3, 0.4) is 0 Å². The summed E-state index contributed by atoms with van der Waals surface area (Å²) in [5, 5.41) is 8.20. The van der Waals surface area contributed by atoms with E-state index < -0.39 is 0 Å². The first-order valence-electron chi connectivity index (χ1n) is 7.45. The fourth-order valence-corrected chi connectivity index (χ4v) is 3.49. The van der Waals surface area contributed by atoms with Crippen molar-refractivity contribution in [2.75, 3.05) is 19.6 Å². The second-order valence-electron chi connectivity index (χ2n) is 6.91. The minimum absolute atomic E-state index is 0.338. The standard InChI is InChI=1S/C16H28N2S/c1-13(10-14-6-9-19-12-14)18-8-5-7-17-15(11-18)16(2,3)4/h6,9,12-13,15,17H,5,7-8,10-11H2,1-4H3. The highest BCUT2D eigenvalue weighted by molar-refractivity contribution is 7.07. The van der Waals surface area contributed by atoms with E-state index in [1.54, 1.807) is 11.3 Å². The Morgan fingerprint density at radius 3 is 2.89 bits per heavy atom. The molecule has 1 aromatic rings. The molecule has 0 aliphatic carbocycles. The van der Waals surface area contributed by atoms with Crippen LogP contribution in [0, 0.1) is 5.41 Å². The third-order valence-corrected chi connectivity index (χ3v) is 4.94. The molecule has 2 atom stereocenters. The van der Waals surface area contributed by atoms with Crippen LogP contribution in [0.2, 0.25) is 0 Å². The zero-order chi connectivity index (χ0) is 13.9. The maximum Gasteiger partial charge on any atom is 0.0243 e. The smallest absolute Gasteiger partial charge is 0.0243 e. The molecule has 0 radical (unpaired) electrons. The maximum atomic E-state index is 3.73. The first-order chi connectivity index (χ1) is 8.97. The molecule has 108 valence electrons. The van der Waals surface area contributed by atoms with Crippen molar-refractivity contribution >= 4 is 11.3 Å². The normalized spacial score (nSPS) is 24.1. The van der Waals surface area contributed by atoms with Gasteiger partial charge in [-0.3, -0.25) is 4.90 Å². The van der Waals surface area contributed by atoms with Gasteiger partial charge in [0.25, 0.3) is 0 Å². The van der Waals surface area contributed by atoms with Gasteiger partial charge in [0.2, 0.25) is 0 Å². The summed E-state index contributed by atoms with van der Waals surface area (Å²) in [4.78, 5) is 2.67. The second-order valence-corrected chi connectivity index (χ2v) is 7.69. The van der Waals surface area contributed by atoms with E-state index in [4.69, 9.17) is 0 Å². The number of nitrogens with zero attached hydrogens (tertiary/aromatic N) is 1. The molecule has 2 heterocycles. The Morgan fingerprint density at radius 1 is 1.47 bits per heavy atom. The summed E-state index contributed by atoms with van der Waals surface area (Å²) in [7, 11) is 0. The van der Waals surface area contributed by atoms with Crippen LogP contribution in [-0.2, 0) is 6.42 Å². The van der Waals surface area contributed by atoms with Gasteiger partial charge in [0.05, 0.1) is 0 Å². The van der Waals surface area contributed by atoms with Crippen molar-refractivity contribution in [3.05, 3.63) is 22.4 Å². The average Bonchev–Trinajstić information content (AvgIpc) is 2.69. The van der Waals surface area contributed by atoms with E-state index in [9.17, 15) is 0 Å². The van der Waals surface area contributed by atoms with E-state index in [1.165, 1.54) is 31.5 Å². The Labute approximate surface area is 122 Å². The van der Waals surface area contributed by atoms with Crippen LogP contribution < -0.4 is 5.32 Å². The van der Waals surface area contributed by atoms with E-state index >= 15 is 0 Å². The van der Waals surface area contributed by atoms with Crippen LogP contribution in [0.5, 0.6) is 0 Å². The van der Waals surface area contributed by atoms with Gasteiger partial charge in [-0.05, 0) is 60.7 Å². The SMILES string of the molecule is CC(Cc1ccsc1)N1CCCNC(C(C)(C)C)C1. The van der Waals surface area contributed by atoms with Crippen molar-refractivity contribution in [3.63, 3.8) is 0 Å². The highest BCUT2D eigenvalue weighted by atomic mass is 32.1. The molecule has 1 N–H and O–H groups in total. The van der Waals surface area contributed by atoms with Crippen molar-refractivity contribution in [1.82, 2.24) is 10.2 Å².